The SMILES string of the molecule is CC(C)(C)OC(=O)N1CC(O)(C(N)c2ccsn2)C1. The molecule has 0 aromatic carbocycles. The van der Waals surface area contributed by atoms with Crippen molar-refractivity contribution in [3.8, 4) is 0 Å². The van der Waals surface area contributed by atoms with Crippen LogP contribution in [0.2, 0.25) is 0 Å². The second kappa shape index (κ2) is 4.73. The topological polar surface area (TPSA) is 88.7 Å². The Bertz CT molecular complexity index is 449. The van der Waals surface area contributed by atoms with E-state index < -0.39 is 23.3 Å². The highest BCUT2D eigenvalue weighted by atomic mass is 32.1. The van der Waals surface area contributed by atoms with Gasteiger partial charge in [0.25, 0.3) is 0 Å². The van der Waals surface area contributed by atoms with Crippen LogP contribution in [0, 0.1) is 0 Å². The van der Waals surface area contributed by atoms with Gasteiger partial charge in [-0.2, -0.15) is 4.37 Å². The fraction of sp³-hybridized carbons (Fsp3) is 0.667. The molecule has 0 saturated carbocycles. The maximum atomic E-state index is 11.8. The molecule has 1 unspecified atom stereocenters. The van der Waals surface area contributed by atoms with Crippen LogP contribution in [0.4, 0.5) is 4.79 Å². The molecule has 1 amide bonds. The van der Waals surface area contributed by atoms with Crippen LogP contribution in [-0.2, 0) is 4.74 Å². The quantitative estimate of drug-likeness (QED) is 0.850. The predicted octanol–water partition coefficient (Wildman–Crippen LogP) is 1.12. The minimum atomic E-state index is -1.12. The molecule has 1 atom stereocenters. The van der Waals surface area contributed by atoms with Crippen LogP contribution in [0.5, 0.6) is 0 Å². The van der Waals surface area contributed by atoms with Crippen molar-refractivity contribution >= 4 is 17.6 Å². The van der Waals surface area contributed by atoms with E-state index in [2.05, 4.69) is 4.37 Å². The molecule has 1 aromatic heterocycles. The summed E-state index contributed by atoms with van der Waals surface area (Å²) in [5.41, 5.74) is 4.97. The number of ether oxygens (including phenoxy) is 1. The fourth-order valence-corrected chi connectivity index (χ4v) is 2.48. The Labute approximate surface area is 116 Å². The maximum absolute atomic E-state index is 11.8. The Kier molecular flexibility index (Phi) is 3.55. The van der Waals surface area contributed by atoms with Gasteiger partial charge < -0.3 is 20.5 Å². The number of amides is 1. The van der Waals surface area contributed by atoms with E-state index in [0.29, 0.717) is 5.69 Å². The van der Waals surface area contributed by atoms with Crippen LogP contribution >= 0.6 is 11.5 Å². The van der Waals surface area contributed by atoms with Gasteiger partial charge in [0, 0.05) is 5.38 Å². The smallest absolute Gasteiger partial charge is 0.410 e. The van der Waals surface area contributed by atoms with Gasteiger partial charge in [-0.3, -0.25) is 0 Å². The summed E-state index contributed by atoms with van der Waals surface area (Å²) in [4.78, 5) is 13.2. The third kappa shape index (κ3) is 3.05. The minimum absolute atomic E-state index is 0.167. The van der Waals surface area contributed by atoms with E-state index in [9.17, 15) is 9.90 Å². The number of hydrogen-bond donors (Lipinski definition) is 2. The minimum Gasteiger partial charge on any atom is -0.444 e. The molecule has 7 heteroatoms. The number of hydrogen-bond acceptors (Lipinski definition) is 6. The van der Waals surface area contributed by atoms with E-state index in [-0.39, 0.29) is 13.1 Å². The lowest BCUT2D eigenvalue weighted by Gasteiger charge is -2.48. The Hall–Kier alpha value is -1.18. The second-order valence-electron chi connectivity index (χ2n) is 5.84. The first-order valence-electron chi connectivity index (χ1n) is 6.07. The van der Waals surface area contributed by atoms with E-state index in [4.69, 9.17) is 10.5 Å². The van der Waals surface area contributed by atoms with Crippen molar-refractivity contribution in [3.63, 3.8) is 0 Å². The maximum Gasteiger partial charge on any atom is 0.410 e. The Morgan fingerprint density at radius 1 is 1.63 bits per heavy atom. The van der Waals surface area contributed by atoms with Gasteiger partial charge in [0.2, 0.25) is 0 Å². The van der Waals surface area contributed by atoms with Gasteiger partial charge in [0.1, 0.15) is 11.2 Å². The van der Waals surface area contributed by atoms with Crippen molar-refractivity contribution in [1.29, 1.82) is 0 Å². The summed E-state index contributed by atoms with van der Waals surface area (Å²) in [6.45, 7) is 5.74. The van der Waals surface area contributed by atoms with Crippen molar-refractivity contribution in [1.82, 2.24) is 9.27 Å². The first kappa shape index (κ1) is 14.2. The summed E-state index contributed by atoms with van der Waals surface area (Å²) >= 11 is 1.29. The van der Waals surface area contributed by atoms with E-state index in [1.807, 2.05) is 5.38 Å². The number of carbonyl (C=O) groups excluding carboxylic acids is 1. The van der Waals surface area contributed by atoms with Crippen molar-refractivity contribution in [3.05, 3.63) is 17.1 Å². The number of likely N-dealkylation sites (tertiary alicyclic amines) is 1. The number of aliphatic hydroxyl groups is 1. The van der Waals surface area contributed by atoms with Crippen LogP contribution in [0.1, 0.15) is 32.5 Å². The van der Waals surface area contributed by atoms with E-state index >= 15 is 0 Å². The first-order chi connectivity index (χ1) is 8.71. The number of nitrogens with two attached hydrogens (primary N) is 1. The van der Waals surface area contributed by atoms with Gasteiger partial charge in [0.05, 0.1) is 24.8 Å². The molecule has 2 rings (SSSR count). The summed E-state index contributed by atoms with van der Waals surface area (Å²) in [5.74, 6) is 0. The van der Waals surface area contributed by atoms with E-state index in [1.54, 1.807) is 26.8 Å². The van der Waals surface area contributed by atoms with E-state index in [0.717, 1.165) is 0 Å². The number of rotatable bonds is 2. The normalized spacial score (nSPS) is 19.7. The van der Waals surface area contributed by atoms with Gasteiger partial charge in [-0.05, 0) is 38.4 Å². The lowest BCUT2D eigenvalue weighted by Crippen LogP contribution is -2.68. The zero-order valence-electron chi connectivity index (χ0n) is 11.3. The summed E-state index contributed by atoms with van der Waals surface area (Å²) in [7, 11) is 0. The number of nitrogens with zero attached hydrogens (tertiary/aromatic N) is 2. The van der Waals surface area contributed by atoms with E-state index in [1.165, 1.54) is 16.4 Å². The summed E-state index contributed by atoms with van der Waals surface area (Å²) < 4.78 is 9.34. The molecule has 1 fully saturated rings. The van der Waals surface area contributed by atoms with Gasteiger partial charge in [-0.25, -0.2) is 4.79 Å². The fourth-order valence-electron chi connectivity index (χ4n) is 1.92. The van der Waals surface area contributed by atoms with Gasteiger partial charge >= 0.3 is 6.09 Å². The van der Waals surface area contributed by atoms with Crippen LogP contribution in [0.3, 0.4) is 0 Å². The van der Waals surface area contributed by atoms with Crippen LogP contribution in [0.25, 0.3) is 0 Å². The molecule has 0 aliphatic carbocycles. The second-order valence-corrected chi connectivity index (χ2v) is 6.51. The molecule has 0 radical (unpaired) electrons. The van der Waals surface area contributed by atoms with Gasteiger partial charge in [-0.15, -0.1) is 0 Å². The Morgan fingerprint density at radius 3 is 2.74 bits per heavy atom. The first-order valence-corrected chi connectivity index (χ1v) is 6.91. The predicted molar refractivity (Wildman–Crippen MR) is 71.8 cm³/mol. The molecule has 0 spiro atoms. The molecule has 19 heavy (non-hydrogen) atoms. The summed E-state index contributed by atoms with van der Waals surface area (Å²) in [5, 5.41) is 12.2. The number of aromatic nitrogens is 1. The zero-order valence-corrected chi connectivity index (χ0v) is 12.1. The molecule has 1 saturated heterocycles. The van der Waals surface area contributed by atoms with Crippen LogP contribution < -0.4 is 5.73 Å². The average Bonchev–Trinajstić information content (AvgIpc) is 2.74. The Morgan fingerprint density at radius 2 is 2.26 bits per heavy atom. The highest BCUT2D eigenvalue weighted by Gasteiger charge is 2.50. The summed E-state index contributed by atoms with van der Waals surface area (Å²) in [6.07, 6.45) is -0.428. The molecule has 1 aliphatic heterocycles. The highest BCUT2D eigenvalue weighted by molar-refractivity contribution is 7.03. The standard InChI is InChI=1S/C12H19N3O3S/c1-11(2,3)18-10(16)15-6-12(17,7-15)9(13)8-4-5-19-14-8/h4-5,9,17H,6-7,13H2,1-3H3. The van der Waals surface area contributed by atoms with Crippen molar-refractivity contribution < 1.29 is 14.6 Å². The third-order valence-corrected chi connectivity index (χ3v) is 3.51. The number of β-amino-alcohol motifs (C(OH)–C–C–N with tert-alkyl or cyclic N) is 1. The average molecular weight is 285 g/mol. The molecule has 3 N–H and O–H groups in total. The van der Waals surface area contributed by atoms with Crippen molar-refractivity contribution in [2.24, 2.45) is 5.73 Å². The lowest BCUT2D eigenvalue weighted by atomic mass is 9.85. The largest absolute Gasteiger partial charge is 0.444 e. The van der Waals surface area contributed by atoms with Gasteiger partial charge in [-0.1, -0.05) is 0 Å². The molecule has 106 valence electrons. The molecule has 6 nitrogen and oxygen atoms in total. The third-order valence-electron chi connectivity index (χ3n) is 2.94. The van der Waals surface area contributed by atoms with Crippen molar-refractivity contribution in [2.75, 3.05) is 13.1 Å². The lowest BCUT2D eigenvalue weighted by molar-refractivity contribution is -0.113. The van der Waals surface area contributed by atoms with Crippen molar-refractivity contribution in [2.45, 2.75) is 38.0 Å². The van der Waals surface area contributed by atoms with Crippen LogP contribution in [0.15, 0.2) is 11.4 Å². The molecule has 1 aliphatic rings. The zero-order chi connectivity index (χ0) is 14.3. The summed E-state index contributed by atoms with van der Waals surface area (Å²) in [6, 6.07) is 1.20. The van der Waals surface area contributed by atoms with Crippen LogP contribution in [-0.4, -0.2) is 44.8 Å². The molecule has 2 heterocycles. The molecular weight excluding hydrogens is 266 g/mol. The molecule has 1 aromatic rings. The number of carbonyl (C=O) groups is 1. The molecular formula is C12H19N3O3S. The highest BCUT2D eigenvalue weighted by Crippen LogP contribution is 2.33. The molecule has 0 bridgehead atoms. The Balaban J connectivity index is 1.93. The monoisotopic (exact) mass is 285 g/mol. The van der Waals surface area contributed by atoms with Gasteiger partial charge in [0.15, 0.2) is 0 Å².